The van der Waals surface area contributed by atoms with E-state index >= 15 is 0 Å². The molecule has 1 atom stereocenters. The second-order valence-corrected chi connectivity index (χ2v) is 5.29. The van der Waals surface area contributed by atoms with E-state index in [1.165, 1.54) is 11.1 Å². The predicted octanol–water partition coefficient (Wildman–Crippen LogP) is 3.22. The molecule has 0 amide bonds. The SMILES string of the molecule is CCn1cc(CC(N)c2cccc(C)c2Br)cn1. The molecule has 1 aromatic carbocycles. The number of benzene rings is 1. The van der Waals surface area contributed by atoms with Gasteiger partial charge in [0.2, 0.25) is 0 Å². The number of rotatable bonds is 4. The van der Waals surface area contributed by atoms with Crippen molar-refractivity contribution in [2.75, 3.05) is 0 Å². The zero-order valence-electron chi connectivity index (χ0n) is 10.7. The summed E-state index contributed by atoms with van der Waals surface area (Å²) in [5.41, 5.74) is 9.83. The van der Waals surface area contributed by atoms with Gasteiger partial charge in [0.25, 0.3) is 0 Å². The third kappa shape index (κ3) is 2.82. The molecule has 3 nitrogen and oxygen atoms in total. The van der Waals surface area contributed by atoms with Gasteiger partial charge in [0.15, 0.2) is 0 Å². The van der Waals surface area contributed by atoms with Gasteiger partial charge in [0.1, 0.15) is 0 Å². The molecule has 18 heavy (non-hydrogen) atoms. The Bertz CT molecular complexity index is 534. The van der Waals surface area contributed by atoms with Gasteiger partial charge in [-0.25, -0.2) is 0 Å². The fourth-order valence-corrected chi connectivity index (χ4v) is 2.56. The molecular formula is C14H18BrN3. The molecule has 1 aromatic heterocycles. The molecule has 2 rings (SSSR count). The van der Waals surface area contributed by atoms with Crippen LogP contribution in [0.5, 0.6) is 0 Å². The summed E-state index contributed by atoms with van der Waals surface area (Å²) in [6, 6.07) is 6.19. The molecule has 0 fully saturated rings. The Hall–Kier alpha value is -1.13. The van der Waals surface area contributed by atoms with E-state index in [0.29, 0.717) is 0 Å². The van der Waals surface area contributed by atoms with Crippen molar-refractivity contribution < 1.29 is 0 Å². The molecule has 0 spiro atoms. The summed E-state index contributed by atoms with van der Waals surface area (Å²) < 4.78 is 3.04. The summed E-state index contributed by atoms with van der Waals surface area (Å²) in [4.78, 5) is 0. The molecule has 0 aliphatic rings. The Kier molecular flexibility index (Phi) is 4.19. The summed E-state index contributed by atoms with van der Waals surface area (Å²) in [6.45, 7) is 5.05. The average molecular weight is 308 g/mol. The number of hydrogen-bond donors (Lipinski definition) is 1. The molecule has 0 aliphatic heterocycles. The molecule has 1 heterocycles. The Morgan fingerprint density at radius 2 is 2.22 bits per heavy atom. The van der Waals surface area contributed by atoms with Gasteiger partial charge < -0.3 is 5.73 Å². The number of nitrogens with zero attached hydrogens (tertiary/aromatic N) is 2. The average Bonchev–Trinajstić information content (AvgIpc) is 2.80. The van der Waals surface area contributed by atoms with E-state index < -0.39 is 0 Å². The largest absolute Gasteiger partial charge is 0.324 e. The third-order valence-electron chi connectivity index (χ3n) is 3.09. The van der Waals surface area contributed by atoms with Gasteiger partial charge in [0, 0.05) is 23.3 Å². The highest BCUT2D eigenvalue weighted by Gasteiger charge is 2.12. The van der Waals surface area contributed by atoms with Crippen LogP contribution in [0.4, 0.5) is 0 Å². The molecule has 2 aromatic rings. The van der Waals surface area contributed by atoms with Crippen LogP contribution in [0.2, 0.25) is 0 Å². The smallest absolute Gasteiger partial charge is 0.0522 e. The molecule has 0 saturated carbocycles. The summed E-state index contributed by atoms with van der Waals surface area (Å²) in [5, 5.41) is 4.27. The standard InChI is InChI=1S/C14H18BrN3/c1-3-18-9-11(8-17-18)7-13(16)12-6-4-5-10(2)14(12)15/h4-6,8-9,13H,3,7,16H2,1-2H3. The van der Waals surface area contributed by atoms with Crippen LogP contribution in [0, 0.1) is 6.92 Å². The van der Waals surface area contributed by atoms with E-state index in [2.05, 4.69) is 53.2 Å². The van der Waals surface area contributed by atoms with Gasteiger partial charge in [-0.2, -0.15) is 5.10 Å². The van der Waals surface area contributed by atoms with Crippen molar-refractivity contribution in [2.24, 2.45) is 5.73 Å². The van der Waals surface area contributed by atoms with Crippen molar-refractivity contribution in [1.82, 2.24) is 9.78 Å². The lowest BCUT2D eigenvalue weighted by Gasteiger charge is -2.14. The Morgan fingerprint density at radius 3 is 2.89 bits per heavy atom. The molecule has 2 N–H and O–H groups in total. The maximum absolute atomic E-state index is 6.28. The highest BCUT2D eigenvalue weighted by molar-refractivity contribution is 9.10. The highest BCUT2D eigenvalue weighted by atomic mass is 79.9. The van der Waals surface area contributed by atoms with Crippen molar-refractivity contribution in [3.63, 3.8) is 0 Å². The van der Waals surface area contributed by atoms with Crippen molar-refractivity contribution in [3.8, 4) is 0 Å². The van der Waals surface area contributed by atoms with E-state index in [1.807, 2.05) is 16.9 Å². The van der Waals surface area contributed by atoms with E-state index in [0.717, 1.165) is 23.0 Å². The van der Waals surface area contributed by atoms with Crippen LogP contribution in [0.1, 0.15) is 29.7 Å². The van der Waals surface area contributed by atoms with Crippen LogP contribution in [0.3, 0.4) is 0 Å². The first-order chi connectivity index (χ1) is 8.61. The fourth-order valence-electron chi connectivity index (χ4n) is 2.01. The van der Waals surface area contributed by atoms with Crippen LogP contribution < -0.4 is 5.73 Å². The minimum Gasteiger partial charge on any atom is -0.324 e. The number of aryl methyl sites for hydroxylation is 2. The Balaban J connectivity index is 2.16. The summed E-state index contributed by atoms with van der Waals surface area (Å²) >= 11 is 3.61. The Labute approximate surface area is 116 Å². The van der Waals surface area contributed by atoms with Crippen molar-refractivity contribution >= 4 is 15.9 Å². The van der Waals surface area contributed by atoms with Crippen molar-refractivity contribution in [3.05, 3.63) is 51.8 Å². The molecule has 0 radical (unpaired) electrons. The summed E-state index contributed by atoms with van der Waals surface area (Å²) in [5.74, 6) is 0. The van der Waals surface area contributed by atoms with Gasteiger partial charge in [-0.1, -0.05) is 34.1 Å². The first kappa shape index (κ1) is 13.3. The third-order valence-corrected chi connectivity index (χ3v) is 4.17. The zero-order valence-corrected chi connectivity index (χ0v) is 12.3. The molecule has 0 saturated heterocycles. The topological polar surface area (TPSA) is 43.8 Å². The summed E-state index contributed by atoms with van der Waals surface area (Å²) in [6.07, 6.45) is 4.76. The van der Waals surface area contributed by atoms with Crippen LogP contribution in [0.15, 0.2) is 35.1 Å². The maximum Gasteiger partial charge on any atom is 0.0522 e. The van der Waals surface area contributed by atoms with Crippen molar-refractivity contribution in [2.45, 2.75) is 32.9 Å². The Morgan fingerprint density at radius 1 is 1.44 bits per heavy atom. The number of aromatic nitrogens is 2. The number of halogens is 1. The van der Waals surface area contributed by atoms with Crippen LogP contribution in [-0.4, -0.2) is 9.78 Å². The fraction of sp³-hybridized carbons (Fsp3) is 0.357. The van der Waals surface area contributed by atoms with Crippen LogP contribution in [-0.2, 0) is 13.0 Å². The highest BCUT2D eigenvalue weighted by Crippen LogP contribution is 2.27. The maximum atomic E-state index is 6.28. The lowest BCUT2D eigenvalue weighted by molar-refractivity contribution is 0.657. The minimum absolute atomic E-state index is 0.00576. The van der Waals surface area contributed by atoms with Crippen LogP contribution >= 0.6 is 15.9 Å². The second-order valence-electron chi connectivity index (χ2n) is 4.49. The zero-order chi connectivity index (χ0) is 13.1. The quantitative estimate of drug-likeness (QED) is 0.942. The van der Waals surface area contributed by atoms with Gasteiger partial charge in [-0.05, 0) is 37.0 Å². The van der Waals surface area contributed by atoms with Gasteiger partial charge >= 0.3 is 0 Å². The molecular weight excluding hydrogens is 290 g/mol. The second kappa shape index (κ2) is 5.67. The summed E-state index contributed by atoms with van der Waals surface area (Å²) in [7, 11) is 0. The lowest BCUT2D eigenvalue weighted by Crippen LogP contribution is -2.14. The molecule has 4 heteroatoms. The number of nitrogens with two attached hydrogens (primary N) is 1. The predicted molar refractivity (Wildman–Crippen MR) is 77.4 cm³/mol. The van der Waals surface area contributed by atoms with Gasteiger partial charge in [0.05, 0.1) is 6.20 Å². The first-order valence-corrected chi connectivity index (χ1v) is 6.93. The lowest BCUT2D eigenvalue weighted by atomic mass is 10.00. The van der Waals surface area contributed by atoms with E-state index in [1.54, 1.807) is 0 Å². The normalized spacial score (nSPS) is 12.7. The van der Waals surface area contributed by atoms with Crippen LogP contribution in [0.25, 0.3) is 0 Å². The van der Waals surface area contributed by atoms with E-state index in [9.17, 15) is 0 Å². The molecule has 96 valence electrons. The molecule has 1 unspecified atom stereocenters. The minimum atomic E-state index is -0.00576. The van der Waals surface area contributed by atoms with Gasteiger partial charge in [-0.3, -0.25) is 4.68 Å². The first-order valence-electron chi connectivity index (χ1n) is 6.13. The van der Waals surface area contributed by atoms with Gasteiger partial charge in [-0.15, -0.1) is 0 Å². The number of hydrogen-bond acceptors (Lipinski definition) is 2. The monoisotopic (exact) mass is 307 g/mol. The van der Waals surface area contributed by atoms with Crippen molar-refractivity contribution in [1.29, 1.82) is 0 Å². The van der Waals surface area contributed by atoms with E-state index in [-0.39, 0.29) is 6.04 Å². The molecule has 0 aliphatic carbocycles. The molecule has 0 bridgehead atoms. The van der Waals surface area contributed by atoms with E-state index in [4.69, 9.17) is 5.73 Å².